The molecule has 2 aliphatic rings. The number of fused-ring (bicyclic) bond motifs is 1. The van der Waals surface area contributed by atoms with Crippen molar-refractivity contribution >= 4 is 0 Å². The van der Waals surface area contributed by atoms with E-state index in [-0.39, 0.29) is 0 Å². The van der Waals surface area contributed by atoms with Crippen molar-refractivity contribution < 1.29 is 4.74 Å². The van der Waals surface area contributed by atoms with Crippen LogP contribution < -0.4 is 10.1 Å². The Morgan fingerprint density at radius 2 is 2.06 bits per heavy atom. The molecule has 1 aliphatic carbocycles. The van der Waals surface area contributed by atoms with Crippen LogP contribution in [0.15, 0.2) is 24.3 Å². The molecule has 1 aromatic rings. The van der Waals surface area contributed by atoms with Crippen molar-refractivity contribution in [1.29, 1.82) is 0 Å². The second kappa shape index (κ2) is 5.31. The zero-order chi connectivity index (χ0) is 12.4. The molecule has 2 unspecified atom stereocenters. The highest BCUT2D eigenvalue weighted by atomic mass is 16.5. The Balaban J connectivity index is 1.73. The lowest BCUT2D eigenvalue weighted by Crippen LogP contribution is -2.46. The molecule has 2 atom stereocenters. The molecule has 2 heteroatoms. The summed E-state index contributed by atoms with van der Waals surface area (Å²) in [6, 6.07) is 9.02. The number of ether oxygens (including phenoxy) is 1. The first kappa shape index (κ1) is 12.0. The lowest BCUT2D eigenvalue weighted by Gasteiger charge is -2.29. The molecule has 0 saturated heterocycles. The Morgan fingerprint density at radius 1 is 1.28 bits per heavy atom. The number of rotatable bonds is 4. The molecule has 1 heterocycles. The Hall–Kier alpha value is -1.02. The highest BCUT2D eigenvalue weighted by Gasteiger charge is 2.35. The van der Waals surface area contributed by atoms with Crippen LogP contribution in [0.5, 0.6) is 5.75 Å². The topological polar surface area (TPSA) is 21.3 Å². The van der Waals surface area contributed by atoms with Crippen LogP contribution in [0.2, 0.25) is 0 Å². The Morgan fingerprint density at radius 3 is 2.78 bits per heavy atom. The van der Waals surface area contributed by atoms with E-state index in [9.17, 15) is 0 Å². The normalized spacial score (nSPS) is 24.8. The number of benzene rings is 1. The van der Waals surface area contributed by atoms with Gasteiger partial charge in [-0.2, -0.15) is 0 Å². The molecule has 18 heavy (non-hydrogen) atoms. The van der Waals surface area contributed by atoms with Crippen LogP contribution in [0.4, 0.5) is 0 Å². The fourth-order valence-electron chi connectivity index (χ4n) is 3.56. The van der Waals surface area contributed by atoms with Gasteiger partial charge in [0.1, 0.15) is 11.9 Å². The molecular formula is C16H23NO. The van der Waals surface area contributed by atoms with Crippen molar-refractivity contribution in [3.8, 4) is 5.75 Å². The van der Waals surface area contributed by atoms with Gasteiger partial charge in [-0.3, -0.25) is 0 Å². The number of nitrogens with one attached hydrogen (secondary N) is 1. The van der Waals surface area contributed by atoms with Crippen molar-refractivity contribution in [1.82, 2.24) is 5.32 Å². The van der Waals surface area contributed by atoms with Crippen molar-refractivity contribution in [2.45, 2.75) is 51.2 Å². The van der Waals surface area contributed by atoms with E-state index in [1.54, 1.807) is 0 Å². The summed E-state index contributed by atoms with van der Waals surface area (Å²) in [5.41, 5.74) is 1.38. The van der Waals surface area contributed by atoms with E-state index in [0.717, 1.165) is 24.6 Å². The van der Waals surface area contributed by atoms with Crippen LogP contribution in [0.1, 0.15) is 38.2 Å². The molecule has 98 valence electrons. The van der Waals surface area contributed by atoms with Crippen LogP contribution in [0, 0.1) is 5.92 Å². The van der Waals surface area contributed by atoms with Gasteiger partial charge in [0, 0.05) is 12.5 Å². The number of hydrogen-bond donors (Lipinski definition) is 1. The molecule has 0 aromatic heterocycles. The van der Waals surface area contributed by atoms with Gasteiger partial charge in [0.2, 0.25) is 0 Å². The van der Waals surface area contributed by atoms with E-state index >= 15 is 0 Å². The van der Waals surface area contributed by atoms with Crippen LogP contribution in [0.3, 0.4) is 0 Å². The van der Waals surface area contributed by atoms with Gasteiger partial charge in [0.05, 0.1) is 0 Å². The first-order valence-electron chi connectivity index (χ1n) is 7.36. The third kappa shape index (κ3) is 2.26. The standard InChI is InChI=1S/C16H23NO/c1-2-17-16(12-7-3-4-8-12)15-11-13-9-5-6-10-14(13)18-15/h5-6,9-10,12,15-17H,2-4,7-8,11H2,1H3. The summed E-state index contributed by atoms with van der Waals surface area (Å²) in [7, 11) is 0. The van der Waals surface area contributed by atoms with Gasteiger partial charge in [0.25, 0.3) is 0 Å². The molecule has 1 N–H and O–H groups in total. The Labute approximate surface area is 110 Å². The number of likely N-dealkylation sites (N-methyl/N-ethyl adjacent to an activating group) is 1. The van der Waals surface area contributed by atoms with E-state index in [1.807, 2.05) is 0 Å². The maximum Gasteiger partial charge on any atom is 0.123 e. The zero-order valence-corrected chi connectivity index (χ0v) is 11.2. The second-order valence-corrected chi connectivity index (χ2v) is 5.60. The van der Waals surface area contributed by atoms with Gasteiger partial charge in [0.15, 0.2) is 0 Å². The Kier molecular flexibility index (Phi) is 3.55. The predicted octanol–water partition coefficient (Wildman–Crippen LogP) is 3.16. The molecule has 0 bridgehead atoms. The van der Waals surface area contributed by atoms with E-state index in [1.165, 1.54) is 31.2 Å². The molecule has 1 fully saturated rings. The van der Waals surface area contributed by atoms with Gasteiger partial charge in [-0.05, 0) is 36.9 Å². The van der Waals surface area contributed by atoms with Gasteiger partial charge in [-0.15, -0.1) is 0 Å². The lowest BCUT2D eigenvalue weighted by atomic mass is 9.91. The third-order valence-corrected chi connectivity index (χ3v) is 4.42. The zero-order valence-electron chi connectivity index (χ0n) is 11.2. The first-order chi connectivity index (χ1) is 8.88. The van der Waals surface area contributed by atoms with Crippen molar-refractivity contribution in [2.24, 2.45) is 5.92 Å². The van der Waals surface area contributed by atoms with E-state index in [2.05, 4.69) is 36.5 Å². The molecule has 1 aliphatic heterocycles. The molecule has 0 radical (unpaired) electrons. The molecule has 2 nitrogen and oxygen atoms in total. The second-order valence-electron chi connectivity index (χ2n) is 5.60. The van der Waals surface area contributed by atoms with Crippen molar-refractivity contribution in [2.75, 3.05) is 6.54 Å². The molecule has 0 amide bonds. The molecule has 1 saturated carbocycles. The monoisotopic (exact) mass is 245 g/mol. The largest absolute Gasteiger partial charge is 0.488 e. The number of para-hydroxylation sites is 1. The van der Waals surface area contributed by atoms with Gasteiger partial charge >= 0.3 is 0 Å². The molecule has 3 rings (SSSR count). The van der Waals surface area contributed by atoms with Crippen molar-refractivity contribution in [3.05, 3.63) is 29.8 Å². The fourth-order valence-corrected chi connectivity index (χ4v) is 3.56. The minimum absolute atomic E-state index is 0.338. The summed E-state index contributed by atoms with van der Waals surface area (Å²) >= 11 is 0. The quantitative estimate of drug-likeness (QED) is 0.880. The fraction of sp³-hybridized carbons (Fsp3) is 0.625. The van der Waals surface area contributed by atoms with E-state index in [0.29, 0.717) is 12.1 Å². The van der Waals surface area contributed by atoms with Crippen LogP contribution in [0.25, 0.3) is 0 Å². The molecular weight excluding hydrogens is 222 g/mol. The maximum atomic E-state index is 6.17. The highest BCUT2D eigenvalue weighted by molar-refractivity contribution is 5.37. The van der Waals surface area contributed by atoms with Crippen LogP contribution >= 0.6 is 0 Å². The summed E-state index contributed by atoms with van der Waals surface area (Å²) in [6.45, 7) is 3.24. The summed E-state index contributed by atoms with van der Waals surface area (Å²) in [5.74, 6) is 1.91. The number of hydrogen-bond acceptors (Lipinski definition) is 2. The summed E-state index contributed by atoms with van der Waals surface area (Å²) < 4.78 is 6.17. The van der Waals surface area contributed by atoms with Crippen LogP contribution in [-0.2, 0) is 6.42 Å². The van der Waals surface area contributed by atoms with Crippen LogP contribution in [-0.4, -0.2) is 18.7 Å². The van der Waals surface area contributed by atoms with E-state index < -0.39 is 0 Å². The van der Waals surface area contributed by atoms with Gasteiger partial charge < -0.3 is 10.1 Å². The minimum atomic E-state index is 0.338. The SMILES string of the molecule is CCNC(C1CCCC1)C1Cc2ccccc2O1. The van der Waals surface area contributed by atoms with Gasteiger partial charge in [-0.25, -0.2) is 0 Å². The third-order valence-electron chi connectivity index (χ3n) is 4.42. The Bertz CT molecular complexity index is 373. The minimum Gasteiger partial charge on any atom is -0.488 e. The molecule has 1 aromatic carbocycles. The highest BCUT2D eigenvalue weighted by Crippen LogP contribution is 2.35. The maximum absolute atomic E-state index is 6.17. The lowest BCUT2D eigenvalue weighted by molar-refractivity contribution is 0.142. The van der Waals surface area contributed by atoms with Crippen molar-refractivity contribution in [3.63, 3.8) is 0 Å². The average Bonchev–Trinajstić information content (AvgIpc) is 3.04. The summed E-state index contributed by atoms with van der Waals surface area (Å²) in [6.07, 6.45) is 6.94. The summed E-state index contributed by atoms with van der Waals surface area (Å²) in [5, 5.41) is 3.68. The first-order valence-corrected chi connectivity index (χ1v) is 7.36. The van der Waals surface area contributed by atoms with Gasteiger partial charge in [-0.1, -0.05) is 38.0 Å². The molecule has 0 spiro atoms. The smallest absolute Gasteiger partial charge is 0.123 e. The summed E-state index contributed by atoms with van der Waals surface area (Å²) in [4.78, 5) is 0. The predicted molar refractivity (Wildman–Crippen MR) is 74.0 cm³/mol. The average molecular weight is 245 g/mol. The van der Waals surface area contributed by atoms with E-state index in [4.69, 9.17) is 4.74 Å².